The minimum absolute atomic E-state index is 0.0375. The van der Waals surface area contributed by atoms with Gasteiger partial charge < -0.3 is 16.0 Å². The summed E-state index contributed by atoms with van der Waals surface area (Å²) in [6.07, 6.45) is 7.82. The largest absolute Gasteiger partial charge is 0.369 e. The van der Waals surface area contributed by atoms with Crippen LogP contribution in [0.5, 0.6) is 0 Å². The molecule has 1 aromatic carbocycles. The van der Waals surface area contributed by atoms with E-state index in [1.54, 1.807) is 0 Å². The monoisotopic (exact) mass is 337 g/mol. The van der Waals surface area contributed by atoms with Gasteiger partial charge in [-0.1, -0.05) is 5.57 Å². The molecule has 5 nitrogen and oxygen atoms in total. The number of carbonyl (C=O) groups excluding carboxylic acids is 2. The summed E-state index contributed by atoms with van der Waals surface area (Å²) in [5.74, 6) is 1.36. The topological polar surface area (TPSA) is 75.4 Å². The number of terminal acetylenes is 1. The number of nitrogens with two attached hydrogens (primary N) is 1. The molecule has 2 aliphatic rings. The Morgan fingerprint density at radius 2 is 2.12 bits per heavy atom. The van der Waals surface area contributed by atoms with Gasteiger partial charge in [-0.2, -0.15) is 0 Å². The highest BCUT2D eigenvalue weighted by molar-refractivity contribution is 5.99. The van der Waals surface area contributed by atoms with Crippen molar-refractivity contribution >= 4 is 23.1 Å². The number of fused-ring (bicyclic) bond motifs is 1. The van der Waals surface area contributed by atoms with Gasteiger partial charge in [0.1, 0.15) is 0 Å². The Morgan fingerprint density at radius 1 is 1.36 bits per heavy atom. The second-order valence-corrected chi connectivity index (χ2v) is 6.84. The molecule has 0 unspecified atom stereocenters. The molecule has 1 aliphatic heterocycles. The van der Waals surface area contributed by atoms with E-state index in [1.807, 2.05) is 12.1 Å². The van der Waals surface area contributed by atoms with Crippen LogP contribution in [0.4, 0.5) is 5.69 Å². The molecule has 2 amide bonds. The second-order valence-electron chi connectivity index (χ2n) is 6.84. The molecule has 1 saturated heterocycles. The highest BCUT2D eigenvalue weighted by atomic mass is 16.1. The number of anilines is 1. The number of nitrogens with zero attached hydrogens (tertiary/aromatic N) is 1. The summed E-state index contributed by atoms with van der Waals surface area (Å²) in [4.78, 5) is 25.6. The third-order valence-corrected chi connectivity index (χ3v) is 5.24. The van der Waals surface area contributed by atoms with Crippen molar-refractivity contribution in [3.8, 4) is 12.3 Å². The van der Waals surface area contributed by atoms with Gasteiger partial charge >= 0.3 is 0 Å². The van der Waals surface area contributed by atoms with Crippen molar-refractivity contribution in [1.29, 1.82) is 0 Å². The van der Waals surface area contributed by atoms with Crippen molar-refractivity contribution in [3.05, 3.63) is 34.4 Å². The second kappa shape index (κ2) is 6.64. The molecule has 0 spiro atoms. The Bertz CT molecular complexity index is 817. The van der Waals surface area contributed by atoms with Gasteiger partial charge in [-0.15, -0.1) is 6.42 Å². The lowest BCUT2D eigenvalue weighted by Gasteiger charge is -2.36. The fraction of sp³-hybridized carbons (Fsp3) is 0.400. The van der Waals surface area contributed by atoms with Crippen molar-refractivity contribution in [1.82, 2.24) is 5.32 Å². The molecule has 1 heterocycles. The first-order valence-electron chi connectivity index (χ1n) is 8.56. The Balaban J connectivity index is 1.95. The number of hydrogen-bond donors (Lipinski definition) is 2. The summed E-state index contributed by atoms with van der Waals surface area (Å²) in [7, 11) is 0. The molecule has 0 saturated carbocycles. The third-order valence-electron chi connectivity index (χ3n) is 5.24. The molecule has 3 N–H and O–H groups in total. The number of benzene rings is 1. The van der Waals surface area contributed by atoms with Crippen LogP contribution in [-0.4, -0.2) is 30.9 Å². The van der Waals surface area contributed by atoms with Crippen LogP contribution < -0.4 is 16.0 Å². The van der Waals surface area contributed by atoms with Crippen LogP contribution in [0.2, 0.25) is 0 Å². The van der Waals surface area contributed by atoms with E-state index in [-0.39, 0.29) is 17.9 Å². The van der Waals surface area contributed by atoms with Crippen molar-refractivity contribution in [3.63, 3.8) is 0 Å². The van der Waals surface area contributed by atoms with E-state index in [0.717, 1.165) is 42.6 Å². The first kappa shape index (κ1) is 17.1. The zero-order valence-electron chi connectivity index (χ0n) is 14.7. The van der Waals surface area contributed by atoms with Crippen LogP contribution in [0.25, 0.3) is 5.57 Å². The molecule has 1 aromatic rings. The van der Waals surface area contributed by atoms with Crippen LogP contribution in [0.15, 0.2) is 17.7 Å². The van der Waals surface area contributed by atoms with Crippen LogP contribution in [0, 0.1) is 12.3 Å². The normalized spacial score (nSPS) is 19.4. The molecule has 3 rings (SSSR count). The minimum atomic E-state index is -0.386. The maximum atomic E-state index is 11.8. The lowest BCUT2D eigenvalue weighted by atomic mass is 9.95. The van der Waals surface area contributed by atoms with Crippen molar-refractivity contribution in [2.75, 3.05) is 18.0 Å². The van der Waals surface area contributed by atoms with Crippen LogP contribution >= 0.6 is 0 Å². The Hall–Kier alpha value is -2.74. The number of carbonyl (C=O) groups is 2. The van der Waals surface area contributed by atoms with Gasteiger partial charge in [0.05, 0.1) is 0 Å². The molecule has 1 atom stereocenters. The van der Waals surface area contributed by atoms with Crippen molar-refractivity contribution in [2.24, 2.45) is 5.73 Å². The Kier molecular flexibility index (Phi) is 4.54. The first-order chi connectivity index (χ1) is 11.9. The first-order valence-corrected chi connectivity index (χ1v) is 8.56. The van der Waals surface area contributed by atoms with E-state index in [0.29, 0.717) is 12.1 Å². The number of amides is 2. The molecule has 0 bridgehead atoms. The maximum Gasteiger partial charge on any atom is 0.295 e. The van der Waals surface area contributed by atoms with E-state index < -0.39 is 0 Å². The molecule has 0 radical (unpaired) electrons. The van der Waals surface area contributed by atoms with Crippen LogP contribution in [-0.2, 0) is 11.2 Å². The fourth-order valence-electron chi connectivity index (χ4n) is 3.88. The van der Waals surface area contributed by atoms with Gasteiger partial charge in [0.15, 0.2) is 0 Å². The lowest BCUT2D eigenvalue weighted by Crippen LogP contribution is -2.47. The smallest absolute Gasteiger partial charge is 0.295 e. The number of allylic oxidation sites excluding steroid dienone is 2. The van der Waals surface area contributed by atoms with Gasteiger partial charge in [0.25, 0.3) is 5.91 Å². The predicted octanol–water partition coefficient (Wildman–Crippen LogP) is 1.85. The Morgan fingerprint density at radius 3 is 2.80 bits per heavy atom. The summed E-state index contributed by atoms with van der Waals surface area (Å²) in [6.45, 7) is 5.81. The number of nitrogens with one attached hydrogen (secondary N) is 1. The molecular formula is C20H23N3O2. The maximum absolute atomic E-state index is 11.8. The van der Waals surface area contributed by atoms with E-state index in [4.69, 9.17) is 12.2 Å². The third kappa shape index (κ3) is 3.12. The summed E-state index contributed by atoms with van der Waals surface area (Å²) < 4.78 is 0. The average Bonchev–Trinajstić information content (AvgIpc) is 2.89. The molecule has 1 fully saturated rings. The molecule has 5 heteroatoms. The fourth-order valence-corrected chi connectivity index (χ4v) is 3.88. The molecule has 1 aliphatic carbocycles. The quantitative estimate of drug-likeness (QED) is 0.827. The molecular weight excluding hydrogens is 314 g/mol. The van der Waals surface area contributed by atoms with Gasteiger partial charge in [0, 0.05) is 35.9 Å². The summed E-state index contributed by atoms with van der Waals surface area (Å²) >= 11 is 0. The molecule has 130 valence electrons. The number of primary amides is 1. The molecule has 25 heavy (non-hydrogen) atoms. The van der Waals surface area contributed by atoms with Crippen molar-refractivity contribution < 1.29 is 9.59 Å². The highest BCUT2D eigenvalue weighted by Crippen LogP contribution is 2.41. The van der Waals surface area contributed by atoms with Crippen LogP contribution in [0.1, 0.15) is 48.2 Å². The van der Waals surface area contributed by atoms with E-state index in [1.165, 1.54) is 11.1 Å². The summed E-state index contributed by atoms with van der Waals surface area (Å²) in [5, 5.41) is 2.88. The lowest BCUT2D eigenvalue weighted by molar-refractivity contribution is -0.116. The number of rotatable bonds is 3. The van der Waals surface area contributed by atoms with E-state index in [2.05, 4.69) is 30.0 Å². The average molecular weight is 337 g/mol. The predicted molar refractivity (Wildman–Crippen MR) is 99.1 cm³/mol. The van der Waals surface area contributed by atoms with Crippen LogP contribution in [0.3, 0.4) is 0 Å². The number of hydrogen-bond acceptors (Lipinski definition) is 3. The summed E-state index contributed by atoms with van der Waals surface area (Å²) in [6, 6.07) is 3.84. The van der Waals surface area contributed by atoms with E-state index in [9.17, 15) is 9.59 Å². The van der Waals surface area contributed by atoms with Crippen molar-refractivity contribution in [2.45, 2.75) is 39.2 Å². The highest BCUT2D eigenvalue weighted by Gasteiger charge is 2.29. The summed E-state index contributed by atoms with van der Waals surface area (Å²) in [5.41, 5.74) is 11.9. The zero-order valence-corrected chi connectivity index (χ0v) is 14.7. The van der Waals surface area contributed by atoms with Gasteiger partial charge in [-0.05, 0) is 62.3 Å². The van der Waals surface area contributed by atoms with Gasteiger partial charge in [-0.3, -0.25) is 9.59 Å². The van der Waals surface area contributed by atoms with E-state index >= 15 is 0 Å². The SMILES string of the molecule is C#CC(=O)N[C@H]1CCCN(c2ccc(C(N)=O)c3c2C(C)=C(C)C3)C1. The van der Waals surface area contributed by atoms with Gasteiger partial charge in [-0.25, -0.2) is 0 Å². The number of piperidine rings is 1. The molecule has 0 aromatic heterocycles. The van der Waals surface area contributed by atoms with Gasteiger partial charge in [0.2, 0.25) is 5.91 Å². The zero-order chi connectivity index (χ0) is 18.1. The Labute approximate surface area is 148 Å². The minimum Gasteiger partial charge on any atom is -0.369 e. The standard InChI is InChI=1S/C20H23N3O2/c1-4-18(24)22-14-6-5-9-23(11-14)17-8-7-15(20(21)25)16-10-12(2)13(3)19(16)17/h1,7-8,14H,5-6,9-11H2,2-3H3,(H2,21,25)(H,22,24)/t14-/m0/s1.